The molecule has 0 unspecified atom stereocenters. The number of aliphatic hydroxyl groups is 1. The van der Waals surface area contributed by atoms with Gasteiger partial charge in [-0.05, 0) is 31.4 Å². The van der Waals surface area contributed by atoms with Gasteiger partial charge in [0.1, 0.15) is 0 Å². The molecule has 0 aromatic rings. The van der Waals surface area contributed by atoms with Crippen molar-refractivity contribution in [2.45, 2.75) is 49.5 Å². The van der Waals surface area contributed by atoms with Gasteiger partial charge in [-0.2, -0.15) is 0 Å². The maximum Gasteiger partial charge on any atom is 0.331 e. The van der Waals surface area contributed by atoms with E-state index in [-0.39, 0.29) is 18.1 Å². The van der Waals surface area contributed by atoms with Crippen molar-refractivity contribution in [2.75, 3.05) is 6.54 Å². The number of aliphatic hydroxyl groups excluding tert-OH is 1. The van der Waals surface area contributed by atoms with Crippen LogP contribution in [-0.2, 0) is 9.53 Å². The fourth-order valence-corrected chi connectivity index (χ4v) is 4.19. The minimum Gasteiger partial charge on any atom is -0.450 e. The van der Waals surface area contributed by atoms with Crippen molar-refractivity contribution in [1.29, 1.82) is 0 Å². The van der Waals surface area contributed by atoms with Crippen molar-refractivity contribution in [1.82, 2.24) is 4.90 Å². The number of carbonyl (C=O) groups is 1. The first kappa shape index (κ1) is 9.19. The Morgan fingerprint density at radius 2 is 2.44 bits per heavy atom. The lowest BCUT2D eigenvalue weighted by atomic mass is 9.67. The highest BCUT2D eigenvalue weighted by Gasteiger charge is 2.63. The highest BCUT2D eigenvalue weighted by molar-refractivity contribution is 5.87. The summed E-state index contributed by atoms with van der Waals surface area (Å²) < 4.78 is 5.59. The quantitative estimate of drug-likeness (QED) is 0.594. The molecule has 4 aliphatic heterocycles. The second-order valence-corrected chi connectivity index (χ2v) is 5.42. The van der Waals surface area contributed by atoms with Gasteiger partial charge in [-0.3, -0.25) is 4.90 Å². The lowest BCUT2D eigenvalue weighted by molar-refractivity contribution is -0.176. The van der Waals surface area contributed by atoms with Gasteiger partial charge in [0.25, 0.3) is 0 Å². The van der Waals surface area contributed by atoms with Gasteiger partial charge >= 0.3 is 5.97 Å². The standard InChI is InChI=1S/C12H15NO3/c14-9-6-12-7(5-11(15)16-12)4-8(9)13-3-1-2-10(12)13/h5,8-10,14H,1-4,6H2/t8-,9-,10-,12+/m0/s1. The Balaban J connectivity index is 1.86. The van der Waals surface area contributed by atoms with Gasteiger partial charge in [-0.1, -0.05) is 0 Å². The lowest BCUT2D eigenvalue weighted by Crippen LogP contribution is -2.68. The number of nitrogens with zero attached hydrogens (tertiary/aromatic N) is 1. The van der Waals surface area contributed by atoms with Gasteiger partial charge in [0.15, 0.2) is 5.60 Å². The summed E-state index contributed by atoms with van der Waals surface area (Å²) in [4.78, 5) is 13.9. The van der Waals surface area contributed by atoms with Crippen molar-refractivity contribution >= 4 is 5.97 Å². The predicted molar refractivity (Wildman–Crippen MR) is 55.7 cm³/mol. The Kier molecular flexibility index (Phi) is 1.54. The minimum absolute atomic E-state index is 0.211. The Bertz CT molecular complexity index is 405. The van der Waals surface area contributed by atoms with Gasteiger partial charge in [0, 0.05) is 18.5 Å². The molecule has 0 aromatic heterocycles. The molecule has 86 valence electrons. The summed E-state index contributed by atoms with van der Waals surface area (Å²) in [6.45, 7) is 1.04. The minimum atomic E-state index is -0.470. The predicted octanol–water partition coefficient (Wildman–Crippen LogP) is 0.210. The molecule has 1 spiro atoms. The molecule has 0 amide bonds. The Hall–Kier alpha value is -0.870. The van der Waals surface area contributed by atoms with Crippen LogP contribution < -0.4 is 0 Å². The van der Waals surface area contributed by atoms with Gasteiger partial charge in [0.2, 0.25) is 0 Å². The van der Waals surface area contributed by atoms with E-state index in [1.54, 1.807) is 6.08 Å². The smallest absolute Gasteiger partial charge is 0.331 e. The molecule has 2 bridgehead atoms. The van der Waals surface area contributed by atoms with E-state index in [0.717, 1.165) is 31.4 Å². The van der Waals surface area contributed by atoms with Crippen molar-refractivity contribution in [3.05, 3.63) is 11.6 Å². The van der Waals surface area contributed by atoms with Crippen LogP contribution in [0.1, 0.15) is 25.7 Å². The summed E-state index contributed by atoms with van der Waals surface area (Å²) in [5.41, 5.74) is 0.665. The van der Waals surface area contributed by atoms with Gasteiger partial charge in [0.05, 0.1) is 12.1 Å². The molecule has 4 heterocycles. The third-order valence-electron chi connectivity index (χ3n) is 4.76. The highest BCUT2D eigenvalue weighted by Crippen LogP contribution is 2.53. The van der Waals surface area contributed by atoms with Gasteiger partial charge in [-0.25, -0.2) is 4.79 Å². The first-order valence-corrected chi connectivity index (χ1v) is 6.08. The summed E-state index contributed by atoms with van der Waals surface area (Å²) in [5, 5.41) is 10.1. The summed E-state index contributed by atoms with van der Waals surface area (Å²) in [6.07, 6.45) is 4.99. The maximum atomic E-state index is 11.5. The monoisotopic (exact) mass is 221 g/mol. The van der Waals surface area contributed by atoms with Crippen LogP contribution >= 0.6 is 0 Å². The van der Waals surface area contributed by atoms with E-state index >= 15 is 0 Å². The van der Waals surface area contributed by atoms with E-state index < -0.39 is 5.60 Å². The number of fused-ring (bicyclic) bond motifs is 1. The average molecular weight is 221 g/mol. The third kappa shape index (κ3) is 0.870. The molecule has 4 heteroatoms. The topological polar surface area (TPSA) is 49.8 Å². The number of hydrogen-bond donors (Lipinski definition) is 1. The van der Waals surface area contributed by atoms with Gasteiger partial charge < -0.3 is 9.84 Å². The van der Waals surface area contributed by atoms with E-state index in [9.17, 15) is 9.90 Å². The van der Waals surface area contributed by atoms with Gasteiger partial charge in [-0.15, -0.1) is 0 Å². The van der Waals surface area contributed by atoms with E-state index in [0.29, 0.717) is 12.5 Å². The fourth-order valence-electron chi connectivity index (χ4n) is 4.19. The zero-order valence-electron chi connectivity index (χ0n) is 9.06. The zero-order chi connectivity index (χ0) is 10.9. The largest absolute Gasteiger partial charge is 0.450 e. The molecule has 4 fully saturated rings. The molecule has 1 N–H and O–H groups in total. The van der Waals surface area contributed by atoms with Crippen molar-refractivity contribution in [3.63, 3.8) is 0 Å². The lowest BCUT2D eigenvalue weighted by Gasteiger charge is -2.56. The Morgan fingerprint density at radius 1 is 1.56 bits per heavy atom. The highest BCUT2D eigenvalue weighted by atomic mass is 16.6. The van der Waals surface area contributed by atoms with Crippen LogP contribution in [0.3, 0.4) is 0 Å². The molecule has 5 aliphatic rings. The fraction of sp³-hybridized carbons (Fsp3) is 0.750. The summed E-state index contributed by atoms with van der Waals surface area (Å²) in [5.74, 6) is -0.211. The molecule has 1 saturated carbocycles. The molecule has 3 saturated heterocycles. The number of rotatable bonds is 0. The van der Waals surface area contributed by atoms with Crippen LogP contribution in [-0.4, -0.2) is 46.3 Å². The molecule has 0 radical (unpaired) electrons. The normalized spacial score (nSPS) is 49.9. The van der Waals surface area contributed by atoms with Crippen molar-refractivity contribution < 1.29 is 14.6 Å². The number of carbonyl (C=O) groups excluding carboxylic acids is 1. The summed E-state index contributed by atoms with van der Waals surface area (Å²) >= 11 is 0. The molecule has 4 nitrogen and oxygen atoms in total. The molecule has 5 rings (SSSR count). The second-order valence-electron chi connectivity index (χ2n) is 5.42. The average Bonchev–Trinajstić information content (AvgIpc) is 2.79. The van der Waals surface area contributed by atoms with Crippen LogP contribution in [0.4, 0.5) is 0 Å². The number of ether oxygens (including phenoxy) is 1. The zero-order valence-corrected chi connectivity index (χ0v) is 9.06. The number of piperidine rings is 2. The van der Waals surface area contributed by atoms with E-state index in [1.807, 2.05) is 0 Å². The molecule has 4 atom stereocenters. The Morgan fingerprint density at radius 3 is 3.31 bits per heavy atom. The van der Waals surface area contributed by atoms with Crippen LogP contribution in [0.5, 0.6) is 0 Å². The second kappa shape index (κ2) is 2.68. The molecular weight excluding hydrogens is 206 g/mol. The molecule has 0 aromatic carbocycles. The first-order chi connectivity index (χ1) is 7.71. The van der Waals surface area contributed by atoms with Crippen molar-refractivity contribution in [2.24, 2.45) is 0 Å². The van der Waals surface area contributed by atoms with Crippen LogP contribution in [0.25, 0.3) is 0 Å². The molecule has 16 heavy (non-hydrogen) atoms. The SMILES string of the molecule is O=C1C=C2C[C@H]3[C@@H](O)C[C@]2(O1)[C@@H]1CCCN13. The van der Waals surface area contributed by atoms with Crippen LogP contribution in [0, 0.1) is 0 Å². The third-order valence-corrected chi connectivity index (χ3v) is 4.76. The van der Waals surface area contributed by atoms with E-state index in [1.165, 1.54) is 0 Å². The maximum absolute atomic E-state index is 11.5. The summed E-state index contributed by atoms with van der Waals surface area (Å²) in [6, 6.07) is 0.544. The van der Waals surface area contributed by atoms with Crippen molar-refractivity contribution in [3.8, 4) is 0 Å². The van der Waals surface area contributed by atoms with E-state index in [2.05, 4.69) is 4.90 Å². The van der Waals surface area contributed by atoms with Crippen LogP contribution in [0.2, 0.25) is 0 Å². The van der Waals surface area contributed by atoms with E-state index in [4.69, 9.17) is 4.74 Å². The first-order valence-electron chi connectivity index (χ1n) is 6.08. The Labute approximate surface area is 93.9 Å². The van der Waals surface area contributed by atoms with Crippen LogP contribution in [0.15, 0.2) is 11.6 Å². The molecular formula is C12H15NO3. The molecule has 1 aliphatic carbocycles. The summed E-state index contributed by atoms with van der Waals surface area (Å²) in [7, 11) is 0. The number of hydrogen-bond acceptors (Lipinski definition) is 4. The number of esters is 1.